The molecule has 5 heteroatoms. The van der Waals surface area contributed by atoms with Crippen LogP contribution in [0.15, 0.2) is 28.8 Å². The summed E-state index contributed by atoms with van der Waals surface area (Å²) in [6.07, 6.45) is 2.54. The molecule has 22 heavy (non-hydrogen) atoms. The lowest BCUT2D eigenvalue weighted by molar-refractivity contribution is 0.171. The van der Waals surface area contributed by atoms with Crippen LogP contribution in [0.4, 0.5) is 0 Å². The van der Waals surface area contributed by atoms with Gasteiger partial charge in [-0.25, -0.2) is 0 Å². The lowest BCUT2D eigenvalue weighted by atomic mass is 10.0. The summed E-state index contributed by atoms with van der Waals surface area (Å²) in [5, 5.41) is 7.66. The van der Waals surface area contributed by atoms with Crippen molar-refractivity contribution in [1.82, 2.24) is 10.5 Å². The molecule has 1 aliphatic carbocycles. The third-order valence-corrected chi connectivity index (χ3v) is 4.20. The van der Waals surface area contributed by atoms with Crippen molar-refractivity contribution in [3.8, 4) is 11.5 Å². The minimum absolute atomic E-state index is 0.327. The van der Waals surface area contributed by atoms with E-state index in [1.807, 2.05) is 19.1 Å². The second kappa shape index (κ2) is 5.65. The molecule has 0 spiro atoms. The maximum absolute atomic E-state index is 5.70. The van der Waals surface area contributed by atoms with Crippen LogP contribution in [0, 0.1) is 12.8 Å². The van der Waals surface area contributed by atoms with E-state index in [0.717, 1.165) is 23.0 Å². The molecule has 2 aromatic rings. The lowest BCUT2D eigenvalue weighted by Crippen LogP contribution is -2.23. The molecule has 116 valence electrons. The molecule has 1 aliphatic heterocycles. The van der Waals surface area contributed by atoms with Gasteiger partial charge in [-0.2, -0.15) is 0 Å². The van der Waals surface area contributed by atoms with E-state index in [9.17, 15) is 0 Å². The van der Waals surface area contributed by atoms with E-state index >= 15 is 0 Å². The molecular formula is C17H20N2O3. The number of hydrogen-bond donors (Lipinski definition) is 1. The van der Waals surface area contributed by atoms with Gasteiger partial charge in [-0.15, -0.1) is 0 Å². The molecule has 0 amide bonds. The Kier molecular flexibility index (Phi) is 3.50. The number of aromatic nitrogens is 1. The number of benzene rings is 1. The third-order valence-electron chi connectivity index (χ3n) is 4.20. The van der Waals surface area contributed by atoms with Crippen LogP contribution >= 0.6 is 0 Å². The first-order valence-electron chi connectivity index (χ1n) is 7.85. The number of hydrogen-bond acceptors (Lipinski definition) is 5. The van der Waals surface area contributed by atoms with Gasteiger partial charge in [-0.3, -0.25) is 0 Å². The number of fused-ring (bicyclic) bond motifs is 1. The summed E-state index contributed by atoms with van der Waals surface area (Å²) in [5.74, 6) is 3.24. The predicted octanol–water partition coefficient (Wildman–Crippen LogP) is 3.00. The molecule has 1 fully saturated rings. The summed E-state index contributed by atoms with van der Waals surface area (Å²) in [6, 6.07) is 8.56. The Morgan fingerprint density at radius 2 is 2.00 bits per heavy atom. The van der Waals surface area contributed by atoms with E-state index in [2.05, 4.69) is 22.6 Å². The molecule has 1 saturated carbocycles. The monoisotopic (exact) mass is 300 g/mol. The Labute approximate surface area is 129 Å². The first-order valence-corrected chi connectivity index (χ1v) is 7.85. The van der Waals surface area contributed by atoms with Crippen molar-refractivity contribution in [2.45, 2.75) is 32.4 Å². The zero-order chi connectivity index (χ0) is 14.9. The largest absolute Gasteiger partial charge is 0.486 e. The molecule has 1 aromatic heterocycles. The number of ether oxygens (including phenoxy) is 2. The Morgan fingerprint density at radius 1 is 1.18 bits per heavy atom. The van der Waals surface area contributed by atoms with Crippen LogP contribution in [-0.2, 0) is 6.54 Å². The quantitative estimate of drug-likeness (QED) is 0.920. The maximum atomic E-state index is 5.70. The molecule has 4 rings (SSSR count). The third kappa shape index (κ3) is 2.81. The van der Waals surface area contributed by atoms with Crippen molar-refractivity contribution in [2.24, 2.45) is 5.92 Å². The molecular weight excluding hydrogens is 280 g/mol. The van der Waals surface area contributed by atoms with E-state index in [4.69, 9.17) is 14.0 Å². The first kappa shape index (κ1) is 13.6. The molecule has 5 nitrogen and oxygen atoms in total. The minimum atomic E-state index is 0.327. The van der Waals surface area contributed by atoms with E-state index < -0.39 is 0 Å². The van der Waals surface area contributed by atoms with Crippen LogP contribution in [0.1, 0.15) is 35.9 Å². The van der Waals surface area contributed by atoms with Gasteiger partial charge in [-0.1, -0.05) is 11.2 Å². The van der Waals surface area contributed by atoms with Gasteiger partial charge >= 0.3 is 0 Å². The summed E-state index contributed by atoms with van der Waals surface area (Å²) in [7, 11) is 0. The highest BCUT2D eigenvalue weighted by Gasteiger charge is 2.32. The van der Waals surface area contributed by atoms with E-state index in [0.29, 0.717) is 31.7 Å². The van der Waals surface area contributed by atoms with Gasteiger partial charge in [0.25, 0.3) is 0 Å². The summed E-state index contributed by atoms with van der Waals surface area (Å²) in [4.78, 5) is 0. The van der Waals surface area contributed by atoms with Crippen molar-refractivity contribution < 1.29 is 14.0 Å². The second-order valence-corrected chi connectivity index (χ2v) is 6.03. The topological polar surface area (TPSA) is 56.5 Å². The molecule has 0 radical (unpaired) electrons. The van der Waals surface area contributed by atoms with E-state index in [1.54, 1.807) is 0 Å². The van der Waals surface area contributed by atoms with Gasteiger partial charge in [0.15, 0.2) is 11.5 Å². The summed E-state index contributed by atoms with van der Waals surface area (Å²) >= 11 is 0. The molecule has 2 aliphatic rings. The molecule has 2 heterocycles. The summed E-state index contributed by atoms with van der Waals surface area (Å²) < 4.78 is 16.4. The predicted molar refractivity (Wildman–Crippen MR) is 81.0 cm³/mol. The van der Waals surface area contributed by atoms with E-state index in [1.165, 1.54) is 18.4 Å². The van der Waals surface area contributed by atoms with Crippen LogP contribution in [0.2, 0.25) is 0 Å². The highest BCUT2D eigenvalue weighted by atomic mass is 16.6. The van der Waals surface area contributed by atoms with Crippen LogP contribution in [0.25, 0.3) is 0 Å². The average molecular weight is 300 g/mol. The summed E-state index contributed by atoms with van der Waals surface area (Å²) in [5.41, 5.74) is 2.20. The fourth-order valence-corrected chi connectivity index (χ4v) is 2.96. The van der Waals surface area contributed by atoms with Crippen molar-refractivity contribution in [3.05, 3.63) is 41.3 Å². The fraction of sp³-hybridized carbons (Fsp3) is 0.471. The number of nitrogens with one attached hydrogen (secondary N) is 1. The zero-order valence-corrected chi connectivity index (χ0v) is 12.7. The smallest absolute Gasteiger partial charge is 0.161 e. The molecule has 1 N–H and O–H groups in total. The number of aryl methyl sites for hydroxylation is 1. The van der Waals surface area contributed by atoms with Gasteiger partial charge in [0.2, 0.25) is 0 Å². The Balaban J connectivity index is 1.51. The van der Waals surface area contributed by atoms with Gasteiger partial charge in [0, 0.05) is 18.7 Å². The molecule has 0 saturated heterocycles. The standard InChI is InChI=1S/C17H20N2O3/c1-11-8-14(19-22-11)10-18-17(12-2-3-12)13-4-5-15-16(9-13)21-7-6-20-15/h4-5,8-9,12,17-18H,2-3,6-7,10H2,1H3/t17-/m1/s1. The molecule has 1 aromatic carbocycles. The fourth-order valence-electron chi connectivity index (χ4n) is 2.96. The Hall–Kier alpha value is -2.01. The van der Waals surface area contributed by atoms with Gasteiger partial charge in [-0.05, 0) is 43.4 Å². The molecule has 0 bridgehead atoms. The SMILES string of the molecule is Cc1cc(CN[C@@H](c2ccc3c(c2)OCCO3)C2CC2)no1. The van der Waals surface area contributed by atoms with Gasteiger partial charge < -0.3 is 19.3 Å². The normalized spacial score (nSPS) is 18.2. The first-order chi connectivity index (χ1) is 10.8. The molecule has 1 atom stereocenters. The van der Waals surface area contributed by atoms with Gasteiger partial charge in [0.05, 0.1) is 5.69 Å². The second-order valence-electron chi connectivity index (χ2n) is 6.03. The Bertz CT molecular complexity index is 664. The average Bonchev–Trinajstić information content (AvgIpc) is 3.29. The maximum Gasteiger partial charge on any atom is 0.161 e. The minimum Gasteiger partial charge on any atom is -0.486 e. The molecule has 0 unspecified atom stereocenters. The van der Waals surface area contributed by atoms with Crippen molar-refractivity contribution in [1.29, 1.82) is 0 Å². The number of rotatable bonds is 5. The Morgan fingerprint density at radius 3 is 2.73 bits per heavy atom. The van der Waals surface area contributed by atoms with Crippen molar-refractivity contribution >= 4 is 0 Å². The van der Waals surface area contributed by atoms with E-state index in [-0.39, 0.29) is 0 Å². The highest BCUT2D eigenvalue weighted by molar-refractivity contribution is 5.45. The van der Waals surface area contributed by atoms with Crippen LogP contribution < -0.4 is 14.8 Å². The number of nitrogens with zero attached hydrogens (tertiary/aromatic N) is 1. The van der Waals surface area contributed by atoms with Crippen molar-refractivity contribution in [2.75, 3.05) is 13.2 Å². The highest BCUT2D eigenvalue weighted by Crippen LogP contribution is 2.43. The van der Waals surface area contributed by atoms with Crippen molar-refractivity contribution in [3.63, 3.8) is 0 Å². The van der Waals surface area contributed by atoms with Crippen LogP contribution in [-0.4, -0.2) is 18.4 Å². The summed E-state index contributed by atoms with van der Waals surface area (Å²) in [6.45, 7) is 3.88. The van der Waals surface area contributed by atoms with Crippen LogP contribution in [0.5, 0.6) is 11.5 Å². The zero-order valence-electron chi connectivity index (χ0n) is 12.7. The van der Waals surface area contributed by atoms with Crippen LogP contribution in [0.3, 0.4) is 0 Å². The van der Waals surface area contributed by atoms with Gasteiger partial charge in [0.1, 0.15) is 19.0 Å². The lowest BCUT2D eigenvalue weighted by Gasteiger charge is -2.22.